The molecule has 0 saturated carbocycles. The minimum Gasteiger partial charge on any atom is -0.493 e. The van der Waals surface area contributed by atoms with E-state index in [1.807, 2.05) is 24.4 Å². The Bertz CT molecular complexity index is 668. The Morgan fingerprint density at radius 1 is 1.12 bits per heavy atom. The molecule has 0 aliphatic carbocycles. The third kappa shape index (κ3) is 4.50. The van der Waals surface area contributed by atoms with Crippen LogP contribution in [0.3, 0.4) is 0 Å². The minimum absolute atomic E-state index is 0.408. The topological polar surface area (TPSA) is 43.8 Å². The summed E-state index contributed by atoms with van der Waals surface area (Å²) >= 11 is 0. The van der Waals surface area contributed by atoms with E-state index in [9.17, 15) is 0 Å². The Hall–Kier alpha value is -2.11. The second-order valence-electron chi connectivity index (χ2n) is 6.54. The SMILES string of the molecule is COc1ccc(CN2[C@H](C)COC[C@H]2C)cc1OCc1cccnc1. The molecule has 0 amide bonds. The van der Waals surface area contributed by atoms with E-state index in [1.165, 1.54) is 5.56 Å². The number of benzene rings is 1. The van der Waals surface area contributed by atoms with Crippen LogP contribution in [0.4, 0.5) is 0 Å². The van der Waals surface area contributed by atoms with Gasteiger partial charge in [0, 0.05) is 36.6 Å². The highest BCUT2D eigenvalue weighted by molar-refractivity contribution is 5.43. The third-order valence-electron chi connectivity index (χ3n) is 4.56. The number of hydrogen-bond donors (Lipinski definition) is 0. The fraction of sp³-hybridized carbons (Fsp3) is 0.450. The molecule has 0 bridgehead atoms. The number of rotatable bonds is 6. The Morgan fingerprint density at radius 2 is 1.92 bits per heavy atom. The molecule has 0 N–H and O–H groups in total. The van der Waals surface area contributed by atoms with Gasteiger partial charge in [-0.15, -0.1) is 0 Å². The van der Waals surface area contributed by atoms with Crippen molar-refractivity contribution in [1.29, 1.82) is 0 Å². The first-order valence-corrected chi connectivity index (χ1v) is 8.69. The van der Waals surface area contributed by atoms with Gasteiger partial charge in [0.1, 0.15) is 6.61 Å². The van der Waals surface area contributed by atoms with Crippen LogP contribution in [-0.2, 0) is 17.9 Å². The van der Waals surface area contributed by atoms with Crippen molar-refractivity contribution >= 4 is 0 Å². The first-order chi connectivity index (χ1) is 12.2. The van der Waals surface area contributed by atoms with Crippen LogP contribution >= 0.6 is 0 Å². The first kappa shape index (κ1) is 17.7. The van der Waals surface area contributed by atoms with Gasteiger partial charge in [-0.1, -0.05) is 12.1 Å². The molecule has 1 aliphatic heterocycles. The van der Waals surface area contributed by atoms with E-state index in [2.05, 4.69) is 35.9 Å². The molecule has 2 atom stereocenters. The summed E-state index contributed by atoms with van der Waals surface area (Å²) < 4.78 is 17.1. The molecular formula is C20H26N2O3. The molecule has 3 rings (SSSR count). The monoisotopic (exact) mass is 342 g/mol. The second kappa shape index (κ2) is 8.32. The smallest absolute Gasteiger partial charge is 0.161 e. The first-order valence-electron chi connectivity index (χ1n) is 8.69. The Labute approximate surface area is 149 Å². The van der Waals surface area contributed by atoms with Crippen molar-refractivity contribution in [1.82, 2.24) is 9.88 Å². The summed E-state index contributed by atoms with van der Waals surface area (Å²) in [5.41, 5.74) is 2.24. The zero-order valence-electron chi connectivity index (χ0n) is 15.1. The van der Waals surface area contributed by atoms with Crippen LogP contribution in [0.5, 0.6) is 11.5 Å². The lowest BCUT2D eigenvalue weighted by Crippen LogP contribution is -2.48. The van der Waals surface area contributed by atoms with Crippen LogP contribution in [0.1, 0.15) is 25.0 Å². The van der Waals surface area contributed by atoms with Crippen LogP contribution < -0.4 is 9.47 Å². The lowest BCUT2D eigenvalue weighted by Gasteiger charge is -2.38. The Kier molecular flexibility index (Phi) is 5.89. The molecule has 25 heavy (non-hydrogen) atoms. The van der Waals surface area contributed by atoms with Crippen LogP contribution in [0.2, 0.25) is 0 Å². The van der Waals surface area contributed by atoms with Gasteiger partial charge in [0.25, 0.3) is 0 Å². The summed E-state index contributed by atoms with van der Waals surface area (Å²) in [5, 5.41) is 0. The van der Waals surface area contributed by atoms with Gasteiger partial charge in [0.15, 0.2) is 11.5 Å². The molecule has 1 aliphatic rings. The van der Waals surface area contributed by atoms with Gasteiger partial charge in [-0.3, -0.25) is 9.88 Å². The fourth-order valence-corrected chi connectivity index (χ4v) is 3.13. The van der Waals surface area contributed by atoms with Gasteiger partial charge in [-0.25, -0.2) is 0 Å². The van der Waals surface area contributed by atoms with E-state index < -0.39 is 0 Å². The fourth-order valence-electron chi connectivity index (χ4n) is 3.13. The van der Waals surface area contributed by atoms with Gasteiger partial charge in [-0.05, 0) is 37.6 Å². The zero-order chi connectivity index (χ0) is 17.6. The lowest BCUT2D eigenvalue weighted by molar-refractivity contribution is -0.0409. The quantitative estimate of drug-likeness (QED) is 0.806. The predicted octanol–water partition coefficient (Wildman–Crippen LogP) is 3.28. The molecule has 0 unspecified atom stereocenters. The number of morpholine rings is 1. The van der Waals surface area contributed by atoms with E-state index in [1.54, 1.807) is 13.3 Å². The molecule has 2 aromatic rings. The summed E-state index contributed by atoms with van der Waals surface area (Å²) in [5.74, 6) is 1.51. The van der Waals surface area contributed by atoms with Crippen molar-refractivity contribution in [2.24, 2.45) is 0 Å². The van der Waals surface area contributed by atoms with E-state index in [4.69, 9.17) is 14.2 Å². The average molecular weight is 342 g/mol. The van der Waals surface area contributed by atoms with Crippen LogP contribution in [0, 0.1) is 0 Å². The summed E-state index contributed by atoms with van der Waals surface area (Å²) in [4.78, 5) is 6.59. The molecule has 0 radical (unpaired) electrons. The average Bonchev–Trinajstić information content (AvgIpc) is 2.64. The van der Waals surface area contributed by atoms with Gasteiger partial charge < -0.3 is 14.2 Å². The maximum absolute atomic E-state index is 5.99. The Balaban J connectivity index is 1.73. The molecule has 1 aromatic heterocycles. The number of hydrogen-bond acceptors (Lipinski definition) is 5. The summed E-state index contributed by atoms with van der Waals surface area (Å²) in [6, 6.07) is 10.9. The van der Waals surface area contributed by atoms with E-state index in [-0.39, 0.29) is 0 Å². The van der Waals surface area contributed by atoms with Crippen molar-refractivity contribution in [3.8, 4) is 11.5 Å². The molecule has 5 nitrogen and oxygen atoms in total. The highest BCUT2D eigenvalue weighted by atomic mass is 16.5. The standard InChI is InChI=1S/C20H26N2O3/c1-15-12-24-13-16(2)22(15)11-17-6-7-19(23-3)20(9-17)25-14-18-5-4-8-21-10-18/h4-10,15-16H,11-14H2,1-3H3/t15-,16-/m1/s1. The molecule has 5 heteroatoms. The third-order valence-corrected chi connectivity index (χ3v) is 4.56. The largest absolute Gasteiger partial charge is 0.493 e. The number of nitrogens with zero attached hydrogens (tertiary/aromatic N) is 2. The van der Waals surface area contributed by atoms with Crippen LogP contribution in [0.25, 0.3) is 0 Å². The van der Waals surface area contributed by atoms with E-state index in [0.717, 1.165) is 36.8 Å². The van der Waals surface area contributed by atoms with Crippen LogP contribution in [-0.4, -0.2) is 42.3 Å². The van der Waals surface area contributed by atoms with Crippen molar-refractivity contribution in [2.45, 2.75) is 39.1 Å². The van der Waals surface area contributed by atoms with Crippen molar-refractivity contribution < 1.29 is 14.2 Å². The number of ether oxygens (including phenoxy) is 3. The highest BCUT2D eigenvalue weighted by Gasteiger charge is 2.25. The lowest BCUT2D eigenvalue weighted by atomic mass is 10.1. The minimum atomic E-state index is 0.408. The van der Waals surface area contributed by atoms with E-state index in [0.29, 0.717) is 18.7 Å². The van der Waals surface area contributed by atoms with Gasteiger partial charge in [0.2, 0.25) is 0 Å². The molecule has 2 heterocycles. The summed E-state index contributed by atoms with van der Waals surface area (Å²) in [6.45, 7) is 7.32. The van der Waals surface area contributed by atoms with Crippen molar-refractivity contribution in [3.63, 3.8) is 0 Å². The maximum Gasteiger partial charge on any atom is 0.161 e. The number of pyridine rings is 1. The second-order valence-corrected chi connectivity index (χ2v) is 6.54. The van der Waals surface area contributed by atoms with Crippen molar-refractivity contribution in [2.75, 3.05) is 20.3 Å². The predicted molar refractivity (Wildman–Crippen MR) is 96.8 cm³/mol. The molecule has 134 valence electrons. The highest BCUT2D eigenvalue weighted by Crippen LogP contribution is 2.30. The molecule has 0 spiro atoms. The summed E-state index contributed by atoms with van der Waals surface area (Å²) in [6.07, 6.45) is 3.57. The Morgan fingerprint density at radius 3 is 2.60 bits per heavy atom. The van der Waals surface area contributed by atoms with Gasteiger partial charge in [0.05, 0.1) is 20.3 Å². The van der Waals surface area contributed by atoms with Crippen LogP contribution in [0.15, 0.2) is 42.7 Å². The zero-order valence-corrected chi connectivity index (χ0v) is 15.1. The number of aromatic nitrogens is 1. The molecular weight excluding hydrogens is 316 g/mol. The van der Waals surface area contributed by atoms with Gasteiger partial charge in [-0.2, -0.15) is 0 Å². The van der Waals surface area contributed by atoms with Crippen molar-refractivity contribution in [3.05, 3.63) is 53.9 Å². The molecule has 1 aromatic carbocycles. The molecule has 1 fully saturated rings. The number of methoxy groups -OCH3 is 1. The maximum atomic E-state index is 5.99. The summed E-state index contributed by atoms with van der Waals surface area (Å²) in [7, 11) is 1.66. The normalized spacial score (nSPS) is 21.1. The molecule has 1 saturated heterocycles. The van der Waals surface area contributed by atoms with Gasteiger partial charge >= 0.3 is 0 Å². The van der Waals surface area contributed by atoms with E-state index >= 15 is 0 Å².